The van der Waals surface area contributed by atoms with Crippen molar-refractivity contribution in [2.45, 2.75) is 39.0 Å². The average molecular weight is 484 g/mol. The number of morpholine rings is 1. The van der Waals surface area contributed by atoms with Crippen LogP contribution in [0, 0.1) is 0 Å². The molecule has 5 nitrogen and oxygen atoms in total. The molecule has 6 heteroatoms. The van der Waals surface area contributed by atoms with E-state index in [1.54, 1.807) is 12.1 Å². The summed E-state index contributed by atoms with van der Waals surface area (Å²) in [4.78, 5) is 17.7. The van der Waals surface area contributed by atoms with Crippen molar-refractivity contribution in [3.8, 4) is 0 Å². The molecule has 1 heterocycles. The molecule has 1 aliphatic rings. The van der Waals surface area contributed by atoms with Crippen molar-refractivity contribution < 1.29 is 9.53 Å². The minimum absolute atomic E-state index is 0.0706. The zero-order valence-electron chi connectivity index (χ0n) is 20.3. The van der Waals surface area contributed by atoms with E-state index in [4.69, 9.17) is 16.3 Å². The topological polar surface area (TPSA) is 44.8 Å². The van der Waals surface area contributed by atoms with Gasteiger partial charge in [-0.3, -0.25) is 4.90 Å². The highest BCUT2D eigenvalue weighted by atomic mass is 35.5. The van der Waals surface area contributed by atoms with Crippen molar-refractivity contribution in [3.63, 3.8) is 0 Å². The number of nitrogens with zero attached hydrogens (tertiary/aromatic N) is 2. The second kappa shape index (κ2) is 14.8. The molecular weight excluding hydrogens is 446 g/mol. The summed E-state index contributed by atoms with van der Waals surface area (Å²) in [6.45, 7) is 8.04. The molecule has 3 rings (SSSR count). The molecule has 2 amide bonds. The van der Waals surface area contributed by atoms with E-state index in [9.17, 15) is 4.79 Å². The van der Waals surface area contributed by atoms with Gasteiger partial charge in [0.25, 0.3) is 0 Å². The van der Waals surface area contributed by atoms with E-state index in [1.165, 1.54) is 24.0 Å². The number of hydrogen-bond donors (Lipinski definition) is 1. The van der Waals surface area contributed by atoms with Crippen LogP contribution in [0.1, 0.15) is 44.6 Å². The lowest BCUT2D eigenvalue weighted by Gasteiger charge is -2.29. The van der Waals surface area contributed by atoms with E-state index in [2.05, 4.69) is 47.5 Å². The molecule has 34 heavy (non-hydrogen) atoms. The summed E-state index contributed by atoms with van der Waals surface area (Å²) < 4.78 is 5.46. The van der Waals surface area contributed by atoms with Gasteiger partial charge in [-0.15, -0.1) is 0 Å². The lowest BCUT2D eigenvalue weighted by atomic mass is 10.0. The van der Waals surface area contributed by atoms with Crippen LogP contribution < -0.4 is 5.32 Å². The molecule has 0 aliphatic carbocycles. The van der Waals surface area contributed by atoms with Crippen molar-refractivity contribution in [1.29, 1.82) is 0 Å². The first kappa shape index (κ1) is 26.3. The zero-order valence-corrected chi connectivity index (χ0v) is 21.1. The molecule has 0 radical (unpaired) electrons. The van der Waals surface area contributed by atoms with E-state index in [0.29, 0.717) is 18.1 Å². The molecule has 1 N–H and O–H groups in total. The number of anilines is 1. The molecule has 1 saturated heterocycles. The molecule has 0 saturated carbocycles. The van der Waals surface area contributed by atoms with Gasteiger partial charge in [0, 0.05) is 43.4 Å². The van der Waals surface area contributed by atoms with Gasteiger partial charge in [-0.05, 0) is 49.1 Å². The first-order chi connectivity index (χ1) is 16.6. The third-order valence-corrected chi connectivity index (χ3v) is 6.31. The number of rotatable bonds is 12. The largest absolute Gasteiger partial charge is 0.379 e. The Labute approximate surface area is 209 Å². The molecule has 0 unspecified atom stereocenters. The first-order valence-electron chi connectivity index (χ1n) is 12.5. The Morgan fingerprint density at radius 3 is 2.50 bits per heavy atom. The van der Waals surface area contributed by atoms with Crippen molar-refractivity contribution >= 4 is 29.4 Å². The molecule has 2 aromatic carbocycles. The van der Waals surface area contributed by atoms with Gasteiger partial charge in [0.05, 0.1) is 13.2 Å². The van der Waals surface area contributed by atoms with Gasteiger partial charge in [-0.1, -0.05) is 73.3 Å². The number of unbranched alkanes of at least 4 members (excludes halogenated alkanes) is 2. The Morgan fingerprint density at radius 2 is 1.79 bits per heavy atom. The molecular formula is C28H38ClN3O2. The Bertz CT molecular complexity index is 880. The van der Waals surface area contributed by atoms with Crippen LogP contribution in [0.4, 0.5) is 10.5 Å². The minimum Gasteiger partial charge on any atom is -0.379 e. The van der Waals surface area contributed by atoms with E-state index in [-0.39, 0.29) is 6.03 Å². The number of ether oxygens (including phenoxy) is 1. The van der Waals surface area contributed by atoms with Crippen LogP contribution in [-0.2, 0) is 4.74 Å². The number of nitrogens with one attached hydrogen (secondary N) is 1. The maximum absolute atomic E-state index is 13.3. The van der Waals surface area contributed by atoms with Gasteiger partial charge >= 0.3 is 6.03 Å². The second-order valence-corrected chi connectivity index (χ2v) is 9.27. The number of halogens is 1. The van der Waals surface area contributed by atoms with Gasteiger partial charge in [0.2, 0.25) is 0 Å². The van der Waals surface area contributed by atoms with Gasteiger partial charge in [0.15, 0.2) is 0 Å². The Balaban J connectivity index is 1.70. The van der Waals surface area contributed by atoms with Crippen molar-refractivity contribution in [2.75, 3.05) is 51.3 Å². The SMILES string of the molecule is CCCCCC(=Cc1ccccc1)CN(CCCN1CCOCC1)C(=O)Nc1ccc(Cl)cc1. The maximum atomic E-state index is 13.3. The van der Waals surface area contributed by atoms with Gasteiger partial charge < -0.3 is 15.0 Å². The predicted molar refractivity (Wildman–Crippen MR) is 142 cm³/mol. The number of hydrogen-bond acceptors (Lipinski definition) is 3. The molecule has 0 bridgehead atoms. The van der Waals surface area contributed by atoms with Gasteiger partial charge in [-0.25, -0.2) is 4.79 Å². The fourth-order valence-electron chi connectivity index (χ4n) is 4.13. The second-order valence-electron chi connectivity index (χ2n) is 8.84. The summed E-state index contributed by atoms with van der Waals surface area (Å²) in [5, 5.41) is 3.72. The highest BCUT2D eigenvalue weighted by Crippen LogP contribution is 2.18. The van der Waals surface area contributed by atoms with Gasteiger partial charge in [0.1, 0.15) is 0 Å². The van der Waals surface area contributed by atoms with Crippen LogP contribution >= 0.6 is 11.6 Å². The zero-order chi connectivity index (χ0) is 24.0. The molecule has 2 aromatic rings. The summed E-state index contributed by atoms with van der Waals surface area (Å²) >= 11 is 6.02. The van der Waals surface area contributed by atoms with E-state index >= 15 is 0 Å². The number of carbonyl (C=O) groups is 1. The molecule has 0 spiro atoms. The van der Waals surface area contributed by atoms with E-state index in [0.717, 1.165) is 57.8 Å². The summed E-state index contributed by atoms with van der Waals surface area (Å²) in [6.07, 6.45) is 7.69. The monoisotopic (exact) mass is 483 g/mol. The van der Waals surface area contributed by atoms with Crippen LogP contribution in [-0.4, -0.2) is 61.8 Å². The molecule has 1 fully saturated rings. The fraction of sp³-hybridized carbons (Fsp3) is 0.464. The van der Waals surface area contributed by atoms with Crippen LogP contribution in [0.2, 0.25) is 5.02 Å². The number of carbonyl (C=O) groups excluding carboxylic acids is 1. The number of amides is 2. The third-order valence-electron chi connectivity index (χ3n) is 6.05. The average Bonchev–Trinajstić information content (AvgIpc) is 2.86. The quantitative estimate of drug-likeness (QED) is 0.347. The normalized spacial score (nSPS) is 14.7. The molecule has 1 aliphatic heterocycles. The Hall–Kier alpha value is -2.34. The van der Waals surface area contributed by atoms with Crippen LogP contribution in [0.3, 0.4) is 0 Å². The molecule has 0 atom stereocenters. The Morgan fingerprint density at radius 1 is 1.06 bits per heavy atom. The predicted octanol–water partition coefficient (Wildman–Crippen LogP) is 6.56. The Kier molecular flexibility index (Phi) is 11.5. The summed E-state index contributed by atoms with van der Waals surface area (Å²) in [5.41, 5.74) is 3.23. The fourth-order valence-corrected chi connectivity index (χ4v) is 4.25. The molecule has 0 aromatic heterocycles. The third kappa shape index (κ3) is 9.49. The van der Waals surface area contributed by atoms with Crippen molar-refractivity contribution in [3.05, 3.63) is 70.8 Å². The molecule has 184 valence electrons. The van der Waals surface area contributed by atoms with E-state index < -0.39 is 0 Å². The lowest BCUT2D eigenvalue weighted by Crippen LogP contribution is -2.40. The summed E-state index contributed by atoms with van der Waals surface area (Å²) in [6, 6.07) is 17.6. The minimum atomic E-state index is -0.0706. The summed E-state index contributed by atoms with van der Waals surface area (Å²) in [5.74, 6) is 0. The maximum Gasteiger partial charge on any atom is 0.322 e. The van der Waals surface area contributed by atoms with Crippen LogP contribution in [0.25, 0.3) is 6.08 Å². The first-order valence-corrected chi connectivity index (χ1v) is 12.9. The van der Waals surface area contributed by atoms with E-state index in [1.807, 2.05) is 23.1 Å². The lowest BCUT2D eigenvalue weighted by molar-refractivity contribution is 0.0366. The van der Waals surface area contributed by atoms with Crippen LogP contribution in [0.5, 0.6) is 0 Å². The van der Waals surface area contributed by atoms with Crippen LogP contribution in [0.15, 0.2) is 60.2 Å². The number of urea groups is 1. The summed E-state index contributed by atoms with van der Waals surface area (Å²) in [7, 11) is 0. The number of benzene rings is 2. The van der Waals surface area contributed by atoms with Crippen molar-refractivity contribution in [2.24, 2.45) is 0 Å². The standard InChI is InChI=1S/C28H38ClN3O2/c1-2-3-5-11-25(22-24-9-6-4-7-10-24)23-32(17-8-16-31-18-20-34-21-19-31)28(33)30-27-14-12-26(29)13-15-27/h4,6-7,9-10,12-15,22H,2-3,5,8,11,16-21,23H2,1H3,(H,30,33). The highest BCUT2D eigenvalue weighted by molar-refractivity contribution is 6.30. The highest BCUT2D eigenvalue weighted by Gasteiger charge is 2.17. The van der Waals surface area contributed by atoms with Gasteiger partial charge in [-0.2, -0.15) is 0 Å². The van der Waals surface area contributed by atoms with Crippen molar-refractivity contribution in [1.82, 2.24) is 9.80 Å². The smallest absolute Gasteiger partial charge is 0.322 e.